The van der Waals surface area contributed by atoms with Crippen molar-refractivity contribution in [3.8, 4) is 0 Å². The van der Waals surface area contributed by atoms with E-state index in [0.717, 1.165) is 27.4 Å². The van der Waals surface area contributed by atoms with Crippen LogP contribution in [-0.2, 0) is 6.42 Å². The number of hydrogen-bond donors (Lipinski definition) is 1. The second kappa shape index (κ2) is 5.73. The third-order valence-corrected chi connectivity index (χ3v) is 3.90. The number of benzene rings is 2. The number of para-hydroxylation sites is 1. The summed E-state index contributed by atoms with van der Waals surface area (Å²) in [4.78, 5) is 4.47. The summed E-state index contributed by atoms with van der Waals surface area (Å²) < 4.78 is 1.08. The van der Waals surface area contributed by atoms with E-state index in [9.17, 15) is 0 Å². The monoisotopic (exact) mass is 326 g/mol. The first-order chi connectivity index (χ1) is 9.74. The quantitative estimate of drug-likeness (QED) is 0.781. The molecule has 0 saturated carbocycles. The van der Waals surface area contributed by atoms with Crippen LogP contribution in [0, 0.1) is 0 Å². The lowest BCUT2D eigenvalue weighted by molar-refractivity contribution is 0.726. The van der Waals surface area contributed by atoms with Crippen molar-refractivity contribution in [3.05, 3.63) is 76.4 Å². The average Bonchev–Trinajstić information content (AvgIpc) is 2.46. The maximum atomic E-state index is 6.39. The first-order valence-corrected chi connectivity index (χ1v) is 7.37. The lowest BCUT2D eigenvalue weighted by Gasteiger charge is -2.14. The van der Waals surface area contributed by atoms with Crippen LogP contribution in [0.3, 0.4) is 0 Å². The van der Waals surface area contributed by atoms with Gasteiger partial charge in [0.05, 0.1) is 5.52 Å². The van der Waals surface area contributed by atoms with Gasteiger partial charge in [0.2, 0.25) is 0 Å². The van der Waals surface area contributed by atoms with E-state index < -0.39 is 0 Å². The van der Waals surface area contributed by atoms with Gasteiger partial charge in [-0.05, 0) is 35.7 Å². The highest BCUT2D eigenvalue weighted by molar-refractivity contribution is 9.10. The summed E-state index contributed by atoms with van der Waals surface area (Å²) in [5, 5.41) is 1.13. The van der Waals surface area contributed by atoms with Crippen LogP contribution in [0.5, 0.6) is 0 Å². The van der Waals surface area contributed by atoms with Crippen LogP contribution in [0.4, 0.5) is 0 Å². The molecule has 1 aromatic heterocycles. The number of pyridine rings is 1. The molecule has 2 N–H and O–H groups in total. The molecule has 3 rings (SSSR count). The first-order valence-electron chi connectivity index (χ1n) is 6.58. The van der Waals surface area contributed by atoms with E-state index in [-0.39, 0.29) is 6.04 Å². The van der Waals surface area contributed by atoms with Crippen molar-refractivity contribution in [2.45, 2.75) is 12.5 Å². The third-order valence-electron chi connectivity index (χ3n) is 3.41. The maximum Gasteiger partial charge on any atom is 0.0749 e. The fourth-order valence-corrected chi connectivity index (χ4v) is 2.90. The fraction of sp³-hybridized carbons (Fsp3) is 0.118. The van der Waals surface area contributed by atoms with Crippen molar-refractivity contribution in [3.63, 3.8) is 0 Å². The van der Waals surface area contributed by atoms with Gasteiger partial charge in [-0.15, -0.1) is 0 Å². The normalized spacial score (nSPS) is 12.5. The summed E-state index contributed by atoms with van der Waals surface area (Å²) >= 11 is 3.49. The highest BCUT2D eigenvalue weighted by atomic mass is 79.9. The molecule has 2 nitrogen and oxygen atoms in total. The largest absolute Gasteiger partial charge is 0.324 e. The van der Waals surface area contributed by atoms with Gasteiger partial charge >= 0.3 is 0 Å². The molecule has 0 aliphatic carbocycles. The Morgan fingerprint density at radius 1 is 1.05 bits per heavy atom. The lowest BCUT2D eigenvalue weighted by atomic mass is 9.97. The second-order valence-electron chi connectivity index (χ2n) is 4.86. The zero-order chi connectivity index (χ0) is 13.9. The smallest absolute Gasteiger partial charge is 0.0749 e. The van der Waals surface area contributed by atoms with E-state index in [4.69, 9.17) is 5.73 Å². The van der Waals surface area contributed by atoms with E-state index >= 15 is 0 Å². The van der Waals surface area contributed by atoms with Crippen molar-refractivity contribution < 1.29 is 0 Å². The SMILES string of the molecule is NC(Cc1cccc(Br)c1)c1cccc2cccnc12. The van der Waals surface area contributed by atoms with Crippen LogP contribution < -0.4 is 5.73 Å². The van der Waals surface area contributed by atoms with Crippen molar-refractivity contribution in [1.29, 1.82) is 0 Å². The van der Waals surface area contributed by atoms with E-state index in [1.807, 2.05) is 30.5 Å². The summed E-state index contributed by atoms with van der Waals surface area (Å²) in [6.45, 7) is 0. The Morgan fingerprint density at radius 2 is 1.85 bits per heavy atom. The standard InChI is InChI=1S/C17H15BrN2/c18-14-7-1-4-12(10-14)11-16(19)15-8-2-5-13-6-3-9-20-17(13)15/h1-10,16H,11,19H2. The van der Waals surface area contributed by atoms with Gasteiger partial charge < -0.3 is 5.73 Å². The van der Waals surface area contributed by atoms with E-state index in [1.54, 1.807) is 0 Å². The maximum absolute atomic E-state index is 6.39. The predicted octanol–water partition coefficient (Wildman–Crippen LogP) is 4.24. The third kappa shape index (κ3) is 2.74. The molecule has 3 heteroatoms. The molecule has 0 bridgehead atoms. The Hall–Kier alpha value is -1.71. The average molecular weight is 327 g/mol. The summed E-state index contributed by atoms with van der Waals surface area (Å²) in [6, 6.07) is 18.4. The fourth-order valence-electron chi connectivity index (χ4n) is 2.45. The van der Waals surface area contributed by atoms with Gasteiger partial charge in [0.15, 0.2) is 0 Å². The van der Waals surface area contributed by atoms with Crippen molar-refractivity contribution in [1.82, 2.24) is 4.98 Å². The topological polar surface area (TPSA) is 38.9 Å². The Kier molecular flexibility index (Phi) is 3.81. The highest BCUT2D eigenvalue weighted by Gasteiger charge is 2.11. The van der Waals surface area contributed by atoms with E-state index in [1.165, 1.54) is 5.56 Å². The van der Waals surface area contributed by atoms with E-state index in [2.05, 4.69) is 51.2 Å². The number of nitrogens with zero attached hydrogens (tertiary/aromatic N) is 1. The minimum absolute atomic E-state index is 0.0529. The molecule has 1 unspecified atom stereocenters. The number of nitrogens with two attached hydrogens (primary N) is 1. The van der Waals surface area contributed by atoms with Crippen LogP contribution >= 0.6 is 15.9 Å². The number of aromatic nitrogens is 1. The molecule has 0 radical (unpaired) electrons. The van der Waals surface area contributed by atoms with E-state index in [0.29, 0.717) is 0 Å². The molecule has 1 heterocycles. The number of rotatable bonds is 3. The summed E-state index contributed by atoms with van der Waals surface area (Å²) in [6.07, 6.45) is 2.62. The van der Waals surface area contributed by atoms with Crippen LogP contribution in [0.2, 0.25) is 0 Å². The van der Waals surface area contributed by atoms with Crippen LogP contribution in [-0.4, -0.2) is 4.98 Å². The van der Waals surface area contributed by atoms with Gasteiger partial charge in [0.1, 0.15) is 0 Å². The molecule has 0 aliphatic heterocycles. The number of halogens is 1. The Labute approximate surface area is 126 Å². The minimum atomic E-state index is -0.0529. The van der Waals surface area contributed by atoms with Crippen molar-refractivity contribution in [2.75, 3.05) is 0 Å². The van der Waals surface area contributed by atoms with Gasteiger partial charge in [-0.3, -0.25) is 4.98 Å². The molecule has 1 atom stereocenters. The lowest BCUT2D eigenvalue weighted by Crippen LogP contribution is -2.14. The van der Waals surface area contributed by atoms with Gasteiger partial charge in [-0.25, -0.2) is 0 Å². The Balaban J connectivity index is 1.94. The molecule has 20 heavy (non-hydrogen) atoms. The predicted molar refractivity (Wildman–Crippen MR) is 86.5 cm³/mol. The summed E-state index contributed by atoms with van der Waals surface area (Å²) in [5.41, 5.74) is 9.71. The molecule has 0 aliphatic rings. The Bertz CT molecular complexity index is 734. The van der Waals surface area contributed by atoms with Crippen molar-refractivity contribution >= 4 is 26.8 Å². The second-order valence-corrected chi connectivity index (χ2v) is 5.78. The van der Waals surface area contributed by atoms with Gasteiger partial charge in [-0.1, -0.05) is 52.3 Å². The summed E-state index contributed by atoms with van der Waals surface area (Å²) in [5.74, 6) is 0. The number of fused-ring (bicyclic) bond motifs is 1. The van der Waals surface area contributed by atoms with Crippen molar-refractivity contribution in [2.24, 2.45) is 5.73 Å². The molecule has 100 valence electrons. The van der Waals surface area contributed by atoms with Gasteiger partial charge in [0.25, 0.3) is 0 Å². The first kappa shape index (κ1) is 13.3. The van der Waals surface area contributed by atoms with Crippen LogP contribution in [0.25, 0.3) is 10.9 Å². The summed E-state index contributed by atoms with van der Waals surface area (Å²) in [7, 11) is 0. The molecule has 2 aromatic carbocycles. The molecular formula is C17H15BrN2. The molecular weight excluding hydrogens is 312 g/mol. The molecule has 3 aromatic rings. The zero-order valence-corrected chi connectivity index (χ0v) is 12.5. The Morgan fingerprint density at radius 3 is 2.70 bits per heavy atom. The zero-order valence-electron chi connectivity index (χ0n) is 11.0. The molecule has 0 saturated heterocycles. The number of hydrogen-bond acceptors (Lipinski definition) is 2. The minimum Gasteiger partial charge on any atom is -0.324 e. The molecule has 0 amide bonds. The molecule has 0 spiro atoms. The highest BCUT2D eigenvalue weighted by Crippen LogP contribution is 2.24. The van der Waals surface area contributed by atoms with Crippen LogP contribution in [0.1, 0.15) is 17.2 Å². The van der Waals surface area contributed by atoms with Crippen LogP contribution in [0.15, 0.2) is 65.3 Å². The molecule has 0 fully saturated rings. The van der Waals surface area contributed by atoms with Gasteiger partial charge in [0, 0.05) is 22.1 Å². The van der Waals surface area contributed by atoms with Gasteiger partial charge in [-0.2, -0.15) is 0 Å².